The number of nitrogens with two attached hydrogens (primary N) is 1. The number of nitrogen functional groups attached to an aromatic ring is 1. The molecule has 3 nitrogen and oxygen atoms in total. The predicted molar refractivity (Wildman–Crippen MR) is 61.7 cm³/mol. The first-order chi connectivity index (χ1) is 7.33. The fourth-order valence-electron chi connectivity index (χ4n) is 1.56. The van der Waals surface area contributed by atoms with E-state index in [0.29, 0.717) is 11.7 Å². The van der Waals surface area contributed by atoms with Gasteiger partial charge in [-0.3, -0.25) is 0 Å². The highest BCUT2D eigenvalue weighted by molar-refractivity contribution is 7.13. The van der Waals surface area contributed by atoms with Gasteiger partial charge in [-0.25, -0.2) is 9.97 Å². The van der Waals surface area contributed by atoms with Crippen LogP contribution in [0, 0.1) is 0 Å². The zero-order chi connectivity index (χ0) is 10.3. The first-order valence-electron chi connectivity index (χ1n) is 5.01. The molecule has 0 bridgehead atoms. The molecule has 4 heteroatoms. The van der Waals surface area contributed by atoms with Gasteiger partial charge in [0.25, 0.3) is 0 Å². The molecule has 2 heterocycles. The third kappa shape index (κ3) is 1.72. The monoisotopic (exact) mass is 217 g/mol. The molecule has 2 aromatic rings. The zero-order valence-corrected chi connectivity index (χ0v) is 9.00. The number of anilines is 1. The molecule has 2 N–H and O–H groups in total. The van der Waals surface area contributed by atoms with Crippen LogP contribution in [0.15, 0.2) is 23.6 Å². The topological polar surface area (TPSA) is 51.8 Å². The van der Waals surface area contributed by atoms with Crippen molar-refractivity contribution in [3.05, 3.63) is 29.4 Å². The molecular weight excluding hydrogens is 206 g/mol. The molecule has 0 radical (unpaired) electrons. The number of rotatable bonds is 2. The minimum atomic E-state index is 0.548. The van der Waals surface area contributed by atoms with Crippen LogP contribution in [0.4, 0.5) is 5.82 Å². The van der Waals surface area contributed by atoms with Crippen LogP contribution in [0.1, 0.15) is 24.6 Å². The maximum absolute atomic E-state index is 5.78. The van der Waals surface area contributed by atoms with Crippen molar-refractivity contribution >= 4 is 17.2 Å². The minimum Gasteiger partial charge on any atom is -0.384 e. The molecule has 2 aromatic heterocycles. The Morgan fingerprint density at radius 2 is 2.20 bits per heavy atom. The highest BCUT2D eigenvalue weighted by Gasteiger charge is 2.27. The Bertz CT molecular complexity index is 475. The molecule has 0 spiro atoms. The summed E-state index contributed by atoms with van der Waals surface area (Å²) in [5.74, 6) is 2.04. The van der Waals surface area contributed by atoms with Crippen molar-refractivity contribution in [1.82, 2.24) is 9.97 Å². The lowest BCUT2D eigenvalue weighted by Crippen LogP contribution is -1.99. The fourth-order valence-corrected chi connectivity index (χ4v) is 2.25. The molecule has 1 aliphatic rings. The number of hydrogen-bond acceptors (Lipinski definition) is 4. The van der Waals surface area contributed by atoms with E-state index in [9.17, 15) is 0 Å². The Labute approximate surface area is 92.0 Å². The van der Waals surface area contributed by atoms with Crippen molar-refractivity contribution in [2.45, 2.75) is 18.8 Å². The van der Waals surface area contributed by atoms with Crippen LogP contribution in [-0.4, -0.2) is 9.97 Å². The van der Waals surface area contributed by atoms with Crippen molar-refractivity contribution in [2.24, 2.45) is 0 Å². The Balaban J connectivity index is 2.07. The molecule has 3 rings (SSSR count). The third-order valence-electron chi connectivity index (χ3n) is 2.48. The van der Waals surface area contributed by atoms with Crippen molar-refractivity contribution in [3.63, 3.8) is 0 Å². The Kier molecular flexibility index (Phi) is 1.95. The number of nitrogens with zero attached hydrogens (tertiary/aromatic N) is 2. The molecule has 0 unspecified atom stereocenters. The Morgan fingerprint density at radius 1 is 1.33 bits per heavy atom. The van der Waals surface area contributed by atoms with Gasteiger partial charge in [-0.05, 0) is 24.3 Å². The van der Waals surface area contributed by atoms with Crippen LogP contribution in [-0.2, 0) is 0 Å². The minimum absolute atomic E-state index is 0.548. The zero-order valence-electron chi connectivity index (χ0n) is 8.18. The van der Waals surface area contributed by atoms with Crippen LogP contribution in [0.2, 0.25) is 0 Å². The molecular formula is C11H11N3S. The summed E-state index contributed by atoms with van der Waals surface area (Å²) in [4.78, 5) is 9.99. The molecule has 76 valence electrons. The van der Waals surface area contributed by atoms with Gasteiger partial charge < -0.3 is 5.73 Å². The highest BCUT2D eigenvalue weighted by Crippen LogP contribution is 2.39. The molecule has 0 aromatic carbocycles. The van der Waals surface area contributed by atoms with Gasteiger partial charge in [-0.15, -0.1) is 11.3 Å². The van der Waals surface area contributed by atoms with Crippen molar-refractivity contribution in [1.29, 1.82) is 0 Å². The van der Waals surface area contributed by atoms with Gasteiger partial charge >= 0.3 is 0 Å². The normalized spacial score (nSPS) is 15.5. The Hall–Kier alpha value is -1.42. The van der Waals surface area contributed by atoms with Crippen LogP contribution in [0.25, 0.3) is 10.6 Å². The molecule has 0 aliphatic heterocycles. The van der Waals surface area contributed by atoms with E-state index in [-0.39, 0.29) is 0 Å². The molecule has 1 saturated carbocycles. The molecule has 1 fully saturated rings. The first-order valence-corrected chi connectivity index (χ1v) is 5.89. The van der Waals surface area contributed by atoms with Gasteiger partial charge in [-0.2, -0.15) is 0 Å². The maximum atomic E-state index is 5.78. The summed E-state index contributed by atoms with van der Waals surface area (Å²) in [6.07, 6.45) is 2.40. The van der Waals surface area contributed by atoms with E-state index in [1.54, 1.807) is 11.3 Å². The highest BCUT2D eigenvalue weighted by atomic mass is 32.1. The van der Waals surface area contributed by atoms with Gasteiger partial charge in [0.15, 0.2) is 0 Å². The number of aromatic nitrogens is 2. The molecule has 0 amide bonds. The summed E-state index contributed by atoms with van der Waals surface area (Å²) in [6.45, 7) is 0. The second kappa shape index (κ2) is 3.31. The van der Waals surface area contributed by atoms with E-state index in [1.807, 2.05) is 17.5 Å². The molecule has 15 heavy (non-hydrogen) atoms. The second-order valence-electron chi connectivity index (χ2n) is 3.79. The molecule has 1 aliphatic carbocycles. The van der Waals surface area contributed by atoms with E-state index in [1.165, 1.54) is 12.8 Å². The van der Waals surface area contributed by atoms with E-state index >= 15 is 0 Å². The van der Waals surface area contributed by atoms with Gasteiger partial charge in [0.2, 0.25) is 0 Å². The van der Waals surface area contributed by atoms with Gasteiger partial charge in [0.1, 0.15) is 11.6 Å². The van der Waals surface area contributed by atoms with E-state index in [4.69, 9.17) is 5.73 Å². The van der Waals surface area contributed by atoms with Crippen LogP contribution >= 0.6 is 11.3 Å². The number of hydrogen-bond donors (Lipinski definition) is 1. The number of thiophene rings is 1. The van der Waals surface area contributed by atoms with Gasteiger partial charge in [0, 0.05) is 12.0 Å². The lowest BCUT2D eigenvalue weighted by molar-refractivity contribution is 0.937. The molecule has 0 atom stereocenters. The summed E-state index contributed by atoms with van der Waals surface area (Å²) in [7, 11) is 0. The summed E-state index contributed by atoms with van der Waals surface area (Å²) >= 11 is 1.68. The summed E-state index contributed by atoms with van der Waals surface area (Å²) < 4.78 is 0. The van der Waals surface area contributed by atoms with Crippen molar-refractivity contribution in [3.8, 4) is 10.6 Å². The largest absolute Gasteiger partial charge is 0.384 e. The maximum Gasteiger partial charge on any atom is 0.134 e. The lowest BCUT2D eigenvalue weighted by Gasteiger charge is -2.02. The predicted octanol–water partition coefficient (Wildman–Crippen LogP) is 2.66. The summed E-state index contributed by atoms with van der Waals surface area (Å²) in [6, 6.07) is 5.93. The van der Waals surface area contributed by atoms with E-state index in [0.717, 1.165) is 16.4 Å². The standard InChI is InChI=1S/C11H11N3S/c12-10-6-8(9-2-1-5-15-9)13-11(14-10)7-3-4-7/h1-2,5-7H,3-4H2,(H2,12,13,14). The van der Waals surface area contributed by atoms with Crippen LogP contribution in [0.5, 0.6) is 0 Å². The summed E-state index contributed by atoms with van der Waals surface area (Å²) in [5, 5.41) is 2.05. The average molecular weight is 217 g/mol. The third-order valence-corrected chi connectivity index (χ3v) is 3.37. The molecule has 0 saturated heterocycles. The SMILES string of the molecule is Nc1cc(-c2cccs2)nc(C2CC2)n1. The lowest BCUT2D eigenvalue weighted by atomic mass is 10.3. The average Bonchev–Trinajstić information content (AvgIpc) is 2.93. The first kappa shape index (κ1) is 8.85. The van der Waals surface area contributed by atoms with Gasteiger partial charge in [-0.1, -0.05) is 6.07 Å². The Morgan fingerprint density at radius 3 is 2.87 bits per heavy atom. The smallest absolute Gasteiger partial charge is 0.134 e. The summed E-state index contributed by atoms with van der Waals surface area (Å²) in [5.41, 5.74) is 6.74. The quantitative estimate of drug-likeness (QED) is 0.841. The van der Waals surface area contributed by atoms with Crippen molar-refractivity contribution < 1.29 is 0 Å². The fraction of sp³-hybridized carbons (Fsp3) is 0.273. The van der Waals surface area contributed by atoms with Crippen molar-refractivity contribution in [2.75, 3.05) is 5.73 Å². The van der Waals surface area contributed by atoms with Crippen LogP contribution < -0.4 is 5.73 Å². The van der Waals surface area contributed by atoms with E-state index in [2.05, 4.69) is 16.0 Å². The van der Waals surface area contributed by atoms with E-state index < -0.39 is 0 Å². The van der Waals surface area contributed by atoms with Gasteiger partial charge in [0.05, 0.1) is 10.6 Å². The van der Waals surface area contributed by atoms with Crippen LogP contribution in [0.3, 0.4) is 0 Å². The second-order valence-corrected chi connectivity index (χ2v) is 4.74.